The number of nitrogens with one attached hydrogen (secondary N) is 2. The first-order valence-electron chi connectivity index (χ1n) is 10.4. The molecule has 0 aromatic heterocycles. The molecule has 7 nitrogen and oxygen atoms in total. The highest BCUT2D eigenvalue weighted by Crippen LogP contribution is 2.21. The van der Waals surface area contributed by atoms with Crippen LogP contribution in [0.5, 0.6) is 0 Å². The van der Waals surface area contributed by atoms with Gasteiger partial charge >= 0.3 is 0 Å². The molecule has 2 N–H and O–H groups in total. The summed E-state index contributed by atoms with van der Waals surface area (Å²) in [6, 6.07) is 6.10. The number of carbonyl (C=O) groups is 1. The summed E-state index contributed by atoms with van der Waals surface area (Å²) >= 11 is 0. The molecule has 2 saturated heterocycles. The summed E-state index contributed by atoms with van der Waals surface area (Å²) in [6.07, 6.45) is 2.54. The Morgan fingerprint density at radius 1 is 1.27 bits per heavy atom. The first-order valence-corrected chi connectivity index (χ1v) is 10.4. The van der Waals surface area contributed by atoms with Gasteiger partial charge in [0, 0.05) is 32.8 Å². The molecule has 2 aliphatic heterocycles. The molecule has 3 rings (SSSR count). The molecule has 1 aromatic carbocycles. The fraction of sp³-hybridized carbons (Fsp3) is 0.619. The van der Waals surface area contributed by atoms with Crippen molar-refractivity contribution in [1.82, 2.24) is 15.5 Å². The molecule has 2 aliphatic rings. The largest absolute Gasteiger partial charge is 0.375 e. The fourth-order valence-electron chi connectivity index (χ4n) is 3.67. The maximum atomic E-state index is 13.2. The third-order valence-corrected chi connectivity index (χ3v) is 5.06. The smallest absolute Gasteiger partial charge is 0.224 e. The molecule has 2 atom stereocenters. The number of morpholine rings is 1. The van der Waals surface area contributed by atoms with Gasteiger partial charge in [0.2, 0.25) is 5.91 Å². The fourth-order valence-corrected chi connectivity index (χ4v) is 3.67. The SMILES string of the molecule is CCNC(=NCCNC(=O)Cc1cccc(F)c1)N1CCOC(C2CCCO2)C1.I. The number of guanidine groups is 1. The zero-order valence-corrected chi connectivity index (χ0v) is 19.8. The van der Waals surface area contributed by atoms with E-state index in [1.807, 2.05) is 6.92 Å². The number of hydrogen-bond donors (Lipinski definition) is 2. The number of ether oxygens (including phenoxy) is 2. The van der Waals surface area contributed by atoms with Crippen molar-refractivity contribution in [3.8, 4) is 0 Å². The standard InChI is InChI=1S/C21H31FN4O3.HI/c1-2-23-21(26-10-12-29-19(15-26)18-7-4-11-28-18)25-9-8-24-20(27)14-16-5-3-6-17(22)13-16;/h3,5-6,13,18-19H,2,4,7-12,14-15H2,1H3,(H,23,25)(H,24,27);1H. The van der Waals surface area contributed by atoms with Gasteiger partial charge in [-0.05, 0) is 37.5 Å². The highest BCUT2D eigenvalue weighted by Gasteiger charge is 2.32. The Kier molecular flexibility index (Phi) is 10.8. The van der Waals surface area contributed by atoms with Gasteiger partial charge in [-0.1, -0.05) is 12.1 Å². The molecule has 30 heavy (non-hydrogen) atoms. The topological polar surface area (TPSA) is 75.2 Å². The lowest BCUT2D eigenvalue weighted by atomic mass is 10.1. The molecule has 0 aliphatic carbocycles. The lowest BCUT2D eigenvalue weighted by Crippen LogP contribution is -2.53. The molecule has 1 amide bonds. The summed E-state index contributed by atoms with van der Waals surface area (Å²) in [4.78, 5) is 18.9. The Bertz CT molecular complexity index is 701. The molecule has 0 spiro atoms. The van der Waals surface area contributed by atoms with E-state index in [2.05, 4.69) is 20.5 Å². The van der Waals surface area contributed by atoms with Crippen LogP contribution in [-0.4, -0.2) is 74.9 Å². The average molecular weight is 534 g/mol. The van der Waals surface area contributed by atoms with Crippen LogP contribution in [0.1, 0.15) is 25.3 Å². The van der Waals surface area contributed by atoms with Crippen LogP contribution in [0.3, 0.4) is 0 Å². The van der Waals surface area contributed by atoms with Crippen LogP contribution in [-0.2, 0) is 20.7 Å². The number of rotatable bonds is 7. The number of benzene rings is 1. The molecule has 0 radical (unpaired) electrons. The molecule has 2 heterocycles. The van der Waals surface area contributed by atoms with Gasteiger partial charge in [-0.25, -0.2) is 4.39 Å². The number of carbonyl (C=O) groups excluding carboxylic acids is 1. The van der Waals surface area contributed by atoms with Gasteiger partial charge in [0.05, 0.1) is 25.7 Å². The molecule has 1 aromatic rings. The van der Waals surface area contributed by atoms with Crippen LogP contribution in [0, 0.1) is 5.82 Å². The number of aliphatic imine (C=N–C) groups is 1. The van der Waals surface area contributed by atoms with Gasteiger partial charge in [-0.2, -0.15) is 0 Å². The van der Waals surface area contributed by atoms with Gasteiger partial charge in [0.1, 0.15) is 11.9 Å². The Labute approximate surface area is 194 Å². The van der Waals surface area contributed by atoms with Gasteiger partial charge in [0.25, 0.3) is 0 Å². The van der Waals surface area contributed by atoms with E-state index in [0.29, 0.717) is 25.3 Å². The predicted molar refractivity (Wildman–Crippen MR) is 125 cm³/mol. The summed E-state index contributed by atoms with van der Waals surface area (Å²) in [7, 11) is 0. The molecule has 9 heteroatoms. The first-order chi connectivity index (χ1) is 14.2. The molecule has 2 fully saturated rings. The number of nitrogens with zero attached hydrogens (tertiary/aromatic N) is 2. The van der Waals surface area contributed by atoms with E-state index in [0.717, 1.165) is 45.0 Å². The molecular formula is C21H32FIN4O3. The Hall–Kier alpha value is -1.46. The molecular weight excluding hydrogens is 502 g/mol. The third-order valence-electron chi connectivity index (χ3n) is 5.06. The van der Waals surface area contributed by atoms with Gasteiger partial charge in [0.15, 0.2) is 5.96 Å². The lowest BCUT2D eigenvalue weighted by molar-refractivity contribution is -0.120. The minimum absolute atomic E-state index is 0. The van der Waals surface area contributed by atoms with Crippen LogP contribution < -0.4 is 10.6 Å². The van der Waals surface area contributed by atoms with Crippen LogP contribution in [0.2, 0.25) is 0 Å². The number of amides is 1. The van der Waals surface area contributed by atoms with Crippen molar-refractivity contribution in [2.75, 3.05) is 45.9 Å². The van der Waals surface area contributed by atoms with E-state index in [9.17, 15) is 9.18 Å². The molecule has 0 saturated carbocycles. The van der Waals surface area contributed by atoms with Crippen molar-refractivity contribution in [3.05, 3.63) is 35.6 Å². The molecule has 168 valence electrons. The second kappa shape index (κ2) is 13.1. The average Bonchev–Trinajstić information content (AvgIpc) is 3.25. The summed E-state index contributed by atoms with van der Waals surface area (Å²) in [6.45, 7) is 6.71. The van der Waals surface area contributed by atoms with Crippen molar-refractivity contribution in [2.45, 2.75) is 38.4 Å². The van der Waals surface area contributed by atoms with Crippen molar-refractivity contribution in [1.29, 1.82) is 0 Å². The van der Waals surface area contributed by atoms with Crippen molar-refractivity contribution in [3.63, 3.8) is 0 Å². The van der Waals surface area contributed by atoms with Crippen LogP contribution in [0.15, 0.2) is 29.3 Å². The van der Waals surface area contributed by atoms with Crippen LogP contribution >= 0.6 is 24.0 Å². The van der Waals surface area contributed by atoms with Crippen molar-refractivity contribution < 1.29 is 18.7 Å². The highest BCUT2D eigenvalue weighted by molar-refractivity contribution is 14.0. The lowest BCUT2D eigenvalue weighted by Gasteiger charge is -2.37. The zero-order valence-electron chi connectivity index (χ0n) is 17.4. The van der Waals surface area contributed by atoms with Crippen molar-refractivity contribution in [2.24, 2.45) is 4.99 Å². The van der Waals surface area contributed by atoms with Gasteiger partial charge < -0.3 is 25.0 Å². The normalized spacial score (nSPS) is 21.8. The van der Waals surface area contributed by atoms with Gasteiger partial charge in [-0.3, -0.25) is 9.79 Å². The Morgan fingerprint density at radius 2 is 2.10 bits per heavy atom. The molecule has 2 unspecified atom stereocenters. The number of halogens is 2. The van der Waals surface area contributed by atoms with E-state index in [4.69, 9.17) is 9.47 Å². The third kappa shape index (κ3) is 7.66. The minimum atomic E-state index is -0.331. The Morgan fingerprint density at radius 3 is 2.83 bits per heavy atom. The first kappa shape index (κ1) is 24.8. The van der Waals surface area contributed by atoms with Crippen LogP contribution in [0.4, 0.5) is 4.39 Å². The van der Waals surface area contributed by atoms with E-state index in [1.165, 1.54) is 12.1 Å². The minimum Gasteiger partial charge on any atom is -0.375 e. The monoisotopic (exact) mass is 534 g/mol. The van der Waals surface area contributed by atoms with Gasteiger partial charge in [-0.15, -0.1) is 24.0 Å². The summed E-state index contributed by atoms with van der Waals surface area (Å²) in [5.41, 5.74) is 0.660. The van der Waals surface area contributed by atoms with E-state index in [-0.39, 0.29) is 54.3 Å². The highest BCUT2D eigenvalue weighted by atomic mass is 127. The van der Waals surface area contributed by atoms with Crippen molar-refractivity contribution >= 4 is 35.8 Å². The second-order valence-corrected chi connectivity index (χ2v) is 7.30. The number of hydrogen-bond acceptors (Lipinski definition) is 4. The van der Waals surface area contributed by atoms with E-state index in [1.54, 1.807) is 12.1 Å². The maximum Gasteiger partial charge on any atom is 0.224 e. The summed E-state index contributed by atoms with van der Waals surface area (Å²) in [5.74, 6) is 0.362. The summed E-state index contributed by atoms with van der Waals surface area (Å²) < 4.78 is 24.9. The molecule has 0 bridgehead atoms. The van der Waals surface area contributed by atoms with E-state index >= 15 is 0 Å². The maximum absolute atomic E-state index is 13.2. The van der Waals surface area contributed by atoms with E-state index < -0.39 is 0 Å². The Balaban J connectivity index is 0.00000320. The summed E-state index contributed by atoms with van der Waals surface area (Å²) in [5, 5.41) is 6.17. The predicted octanol–water partition coefficient (Wildman–Crippen LogP) is 1.95. The zero-order chi connectivity index (χ0) is 20.5. The second-order valence-electron chi connectivity index (χ2n) is 7.30. The quantitative estimate of drug-likeness (QED) is 0.242. The van der Waals surface area contributed by atoms with Crippen LogP contribution in [0.25, 0.3) is 0 Å².